The van der Waals surface area contributed by atoms with E-state index in [9.17, 15) is 4.79 Å². The Kier molecular flexibility index (Phi) is 17.0. The van der Waals surface area contributed by atoms with Crippen molar-refractivity contribution in [2.24, 2.45) is 0 Å². The van der Waals surface area contributed by atoms with Gasteiger partial charge in [-0.3, -0.25) is 5.32 Å². The standard InChI is InChI=1S/C24H20B.C17H35NO/c1-5-13-21(14-6-1)25(22-15-7-2-8-16-22,23-17-9-3-10-18-23)24-19-11-4-12-20-24;1-3-4-5-6-7-8-9-10-11-12-13-14-15-16-17(19)18-2/h1-20H;3-16H2,1-2H3,(H,18,19)/q-1;/p+1. The number of carbonyl (C=O) groups excluding carboxylic acids is 1. The van der Waals surface area contributed by atoms with Crippen molar-refractivity contribution in [3.05, 3.63) is 121 Å². The van der Waals surface area contributed by atoms with Crippen molar-refractivity contribution in [2.75, 3.05) is 7.05 Å². The molecule has 2 nitrogen and oxygen atoms in total. The number of hydrogen-bond acceptors (Lipinski definition) is 1. The van der Waals surface area contributed by atoms with Gasteiger partial charge >= 0.3 is 5.91 Å². The molecule has 0 saturated carbocycles. The first-order valence-electron chi connectivity index (χ1n) is 17.4. The molecule has 4 aromatic carbocycles. The largest absolute Gasteiger partial charge is 0.310 e. The summed E-state index contributed by atoms with van der Waals surface area (Å²) in [5.74, 6) is 0.308. The molecule has 0 aliphatic carbocycles. The topological polar surface area (TPSA) is 33.7 Å². The Hall–Kier alpha value is -3.43. The van der Waals surface area contributed by atoms with Gasteiger partial charge < -0.3 is 0 Å². The Morgan fingerprint density at radius 3 is 1.00 bits per heavy atom. The van der Waals surface area contributed by atoms with Gasteiger partial charge in [-0.2, -0.15) is 21.9 Å². The Balaban J connectivity index is 0.000000252. The smallest absolute Gasteiger partial charge is 0.286 e. The number of carbonyl (C=O) groups is 1. The van der Waals surface area contributed by atoms with Crippen LogP contribution < -0.4 is 27.2 Å². The first kappa shape index (κ1) is 35.1. The minimum absolute atomic E-state index is 0.308. The summed E-state index contributed by atoms with van der Waals surface area (Å²) in [5.41, 5.74) is 5.36. The van der Waals surface area contributed by atoms with E-state index in [1.165, 1.54) is 98.9 Å². The van der Waals surface area contributed by atoms with E-state index < -0.39 is 6.15 Å². The van der Waals surface area contributed by atoms with Crippen molar-refractivity contribution >= 4 is 33.9 Å². The van der Waals surface area contributed by atoms with Crippen LogP contribution in [0.1, 0.15) is 96.8 Å². The average molecular weight is 590 g/mol. The van der Waals surface area contributed by atoms with Crippen LogP contribution in [0.3, 0.4) is 0 Å². The Morgan fingerprint density at radius 2 is 0.727 bits per heavy atom. The molecule has 0 saturated heterocycles. The second kappa shape index (κ2) is 21.3. The van der Waals surface area contributed by atoms with E-state index in [2.05, 4.69) is 128 Å². The molecule has 3 heteroatoms. The lowest BCUT2D eigenvalue weighted by molar-refractivity contribution is -0.539. The van der Waals surface area contributed by atoms with E-state index >= 15 is 0 Å². The van der Waals surface area contributed by atoms with Gasteiger partial charge in [0.25, 0.3) is 0 Å². The van der Waals surface area contributed by atoms with Crippen LogP contribution in [-0.4, -0.2) is 19.1 Å². The van der Waals surface area contributed by atoms with Gasteiger partial charge in [-0.1, -0.05) is 205 Å². The highest BCUT2D eigenvalue weighted by atomic mass is 16.1. The zero-order valence-corrected chi connectivity index (χ0v) is 27.5. The maximum Gasteiger partial charge on any atom is 0.310 e. The number of hydrogen-bond donors (Lipinski definition) is 1. The van der Waals surface area contributed by atoms with Crippen LogP contribution in [0.25, 0.3) is 0 Å². The lowest BCUT2D eigenvalue weighted by atomic mass is 9.13. The van der Waals surface area contributed by atoms with Crippen LogP contribution in [0.15, 0.2) is 121 Å². The zero-order chi connectivity index (χ0) is 31.1. The van der Waals surface area contributed by atoms with Gasteiger partial charge in [-0.15, -0.1) is 0 Å². The van der Waals surface area contributed by atoms with Crippen molar-refractivity contribution in [3.8, 4) is 0 Å². The van der Waals surface area contributed by atoms with Crippen molar-refractivity contribution in [1.29, 1.82) is 0 Å². The molecule has 4 aromatic rings. The molecule has 234 valence electrons. The third-order valence-electron chi connectivity index (χ3n) is 9.05. The van der Waals surface area contributed by atoms with Gasteiger partial charge in [-0.05, 0) is 6.42 Å². The molecule has 2 N–H and O–H groups in total. The van der Waals surface area contributed by atoms with E-state index in [-0.39, 0.29) is 0 Å². The summed E-state index contributed by atoms with van der Waals surface area (Å²) in [4.78, 5) is 11.1. The van der Waals surface area contributed by atoms with Gasteiger partial charge in [-0.25, -0.2) is 4.79 Å². The maximum atomic E-state index is 11.1. The predicted molar refractivity (Wildman–Crippen MR) is 193 cm³/mol. The lowest BCUT2D eigenvalue weighted by Crippen LogP contribution is -2.83. The highest BCUT2D eigenvalue weighted by molar-refractivity contribution is 7.19. The van der Waals surface area contributed by atoms with E-state index in [1.807, 2.05) is 7.05 Å². The fourth-order valence-electron chi connectivity index (χ4n) is 6.58. The van der Waals surface area contributed by atoms with Crippen molar-refractivity contribution in [3.63, 3.8) is 0 Å². The summed E-state index contributed by atoms with van der Waals surface area (Å²) in [6, 6.07) is 43.5. The predicted octanol–water partition coefficient (Wildman–Crippen LogP) is 7.25. The minimum atomic E-state index is -1.22. The summed E-state index contributed by atoms with van der Waals surface area (Å²) in [6.07, 6.45) is 17.3. The number of quaternary nitrogens is 1. The van der Waals surface area contributed by atoms with Crippen molar-refractivity contribution in [1.82, 2.24) is 0 Å². The molecular formula is C41H56BNO. The summed E-state index contributed by atoms with van der Waals surface area (Å²) in [6.45, 7) is 2.27. The monoisotopic (exact) mass is 589 g/mol. The average Bonchev–Trinajstić information content (AvgIpc) is 3.09. The van der Waals surface area contributed by atoms with Gasteiger partial charge in [0.2, 0.25) is 0 Å². The second-order valence-corrected chi connectivity index (χ2v) is 12.3. The van der Waals surface area contributed by atoms with E-state index in [0.29, 0.717) is 5.91 Å². The number of benzene rings is 4. The quantitative estimate of drug-likeness (QED) is 0.0963. The molecule has 0 aliphatic rings. The van der Waals surface area contributed by atoms with E-state index in [0.717, 1.165) is 12.8 Å². The van der Waals surface area contributed by atoms with Crippen LogP contribution in [0, 0.1) is 0 Å². The third kappa shape index (κ3) is 11.3. The maximum absolute atomic E-state index is 11.1. The summed E-state index contributed by atoms with van der Waals surface area (Å²) in [7, 11) is 1.84. The van der Waals surface area contributed by atoms with Crippen LogP contribution in [0.2, 0.25) is 0 Å². The Bertz CT molecular complexity index is 1100. The number of unbranched alkanes of at least 4 members (excludes halogenated alkanes) is 12. The normalized spacial score (nSPS) is 11.0. The number of amides is 1. The molecule has 0 spiro atoms. The molecule has 0 fully saturated rings. The summed E-state index contributed by atoms with van der Waals surface area (Å²) in [5, 5.41) is 1.69. The lowest BCUT2D eigenvalue weighted by Gasteiger charge is -2.44. The molecule has 0 aromatic heterocycles. The zero-order valence-electron chi connectivity index (χ0n) is 27.5. The minimum Gasteiger partial charge on any atom is -0.286 e. The van der Waals surface area contributed by atoms with E-state index in [1.54, 1.807) is 5.32 Å². The van der Waals surface area contributed by atoms with Crippen molar-refractivity contribution < 1.29 is 10.1 Å². The molecule has 0 bridgehead atoms. The molecule has 0 atom stereocenters. The van der Waals surface area contributed by atoms with Crippen LogP contribution in [-0.2, 0) is 4.79 Å². The van der Waals surface area contributed by atoms with Crippen molar-refractivity contribution in [2.45, 2.75) is 96.8 Å². The van der Waals surface area contributed by atoms with Gasteiger partial charge in [0.05, 0.1) is 13.5 Å². The van der Waals surface area contributed by atoms with Gasteiger partial charge in [0, 0.05) is 0 Å². The number of rotatable bonds is 18. The highest BCUT2D eigenvalue weighted by Gasteiger charge is 2.31. The Labute approximate surface area is 268 Å². The fraction of sp³-hybridized carbons (Fsp3) is 0.390. The molecule has 0 radical (unpaired) electrons. The highest BCUT2D eigenvalue weighted by Crippen LogP contribution is 2.13. The number of nitrogens with two attached hydrogens (primary N) is 1. The third-order valence-corrected chi connectivity index (χ3v) is 9.05. The van der Waals surface area contributed by atoms with Crippen LogP contribution in [0.5, 0.6) is 0 Å². The molecule has 0 aliphatic heterocycles. The van der Waals surface area contributed by atoms with E-state index in [4.69, 9.17) is 0 Å². The summed E-state index contributed by atoms with van der Waals surface area (Å²) < 4.78 is 0. The molecular weight excluding hydrogens is 533 g/mol. The SMILES string of the molecule is CCCCCCCCCCCCCCCC(=O)[NH2+]C.c1ccc([B-](c2ccccc2)(c2ccccc2)c2ccccc2)cc1. The van der Waals surface area contributed by atoms with Gasteiger partial charge in [0.15, 0.2) is 0 Å². The fourth-order valence-corrected chi connectivity index (χ4v) is 6.58. The molecule has 4 rings (SSSR count). The van der Waals surface area contributed by atoms with Crippen LogP contribution in [0.4, 0.5) is 0 Å². The van der Waals surface area contributed by atoms with Gasteiger partial charge in [0.1, 0.15) is 6.15 Å². The first-order valence-corrected chi connectivity index (χ1v) is 17.4. The molecule has 44 heavy (non-hydrogen) atoms. The molecule has 1 amide bonds. The molecule has 0 unspecified atom stereocenters. The number of primary amides is 1. The molecule has 0 heterocycles. The Morgan fingerprint density at radius 1 is 0.455 bits per heavy atom. The summed E-state index contributed by atoms with van der Waals surface area (Å²) >= 11 is 0. The first-order chi connectivity index (χ1) is 21.7. The van der Waals surface area contributed by atoms with Crippen LogP contribution >= 0.6 is 0 Å². The second-order valence-electron chi connectivity index (χ2n) is 12.3.